The van der Waals surface area contributed by atoms with E-state index in [-0.39, 0.29) is 6.04 Å². The first-order valence-corrected chi connectivity index (χ1v) is 6.72. The van der Waals surface area contributed by atoms with Crippen molar-refractivity contribution in [3.8, 4) is 5.75 Å². The van der Waals surface area contributed by atoms with Crippen LogP contribution < -0.4 is 10.5 Å². The van der Waals surface area contributed by atoms with E-state index in [9.17, 15) is 0 Å². The molecular formula is C16H18N2O. The molecule has 98 valence electrons. The summed E-state index contributed by atoms with van der Waals surface area (Å²) in [5.41, 5.74) is 8.69. The number of nitrogens with zero attached hydrogens (tertiary/aromatic N) is 1. The third kappa shape index (κ3) is 2.61. The predicted molar refractivity (Wildman–Crippen MR) is 75.1 cm³/mol. The molecule has 3 nitrogen and oxygen atoms in total. The number of benzene rings is 1. The maximum atomic E-state index is 6.30. The fourth-order valence-electron chi connectivity index (χ4n) is 2.70. The summed E-state index contributed by atoms with van der Waals surface area (Å²) in [5, 5.41) is 0. The number of hydrogen-bond acceptors (Lipinski definition) is 3. The zero-order valence-electron chi connectivity index (χ0n) is 10.8. The average Bonchev–Trinajstić information content (AvgIpc) is 2.48. The standard InChI is InChI=1S/C16H18N2O/c17-15(13-4-3-8-18-11-13)10-12-7-9-19-16-6-2-1-5-14(12)16/h1-6,8,11-12,15H,7,9-10,17H2. The number of fused-ring (bicyclic) bond motifs is 1. The summed E-state index contributed by atoms with van der Waals surface area (Å²) in [7, 11) is 0. The van der Waals surface area contributed by atoms with Gasteiger partial charge in [0.05, 0.1) is 6.61 Å². The Labute approximate surface area is 113 Å². The number of ether oxygens (including phenoxy) is 1. The monoisotopic (exact) mass is 254 g/mol. The van der Waals surface area contributed by atoms with Crippen LogP contribution in [0.3, 0.4) is 0 Å². The number of para-hydroxylation sites is 1. The van der Waals surface area contributed by atoms with Crippen LogP contribution in [0.25, 0.3) is 0 Å². The molecule has 1 aliphatic heterocycles. The highest BCUT2D eigenvalue weighted by molar-refractivity contribution is 5.38. The number of hydrogen-bond donors (Lipinski definition) is 1. The minimum Gasteiger partial charge on any atom is -0.493 e. The van der Waals surface area contributed by atoms with Gasteiger partial charge in [0.25, 0.3) is 0 Å². The van der Waals surface area contributed by atoms with Crippen LogP contribution in [-0.2, 0) is 0 Å². The fourth-order valence-corrected chi connectivity index (χ4v) is 2.70. The summed E-state index contributed by atoms with van der Waals surface area (Å²) >= 11 is 0. The van der Waals surface area contributed by atoms with E-state index in [1.165, 1.54) is 5.56 Å². The van der Waals surface area contributed by atoms with Gasteiger partial charge in [0.2, 0.25) is 0 Å². The molecule has 0 amide bonds. The molecule has 0 saturated carbocycles. The van der Waals surface area contributed by atoms with Crippen molar-refractivity contribution in [3.05, 3.63) is 59.9 Å². The summed E-state index contributed by atoms with van der Waals surface area (Å²) in [5.74, 6) is 1.48. The quantitative estimate of drug-likeness (QED) is 0.915. The molecule has 3 rings (SSSR count). The van der Waals surface area contributed by atoms with Crippen molar-refractivity contribution in [1.29, 1.82) is 0 Å². The molecule has 1 aromatic heterocycles. The van der Waals surface area contributed by atoms with Gasteiger partial charge < -0.3 is 10.5 Å². The van der Waals surface area contributed by atoms with Crippen LogP contribution in [0.2, 0.25) is 0 Å². The maximum absolute atomic E-state index is 6.30. The van der Waals surface area contributed by atoms with Crippen LogP contribution >= 0.6 is 0 Å². The van der Waals surface area contributed by atoms with Crippen LogP contribution in [0, 0.1) is 0 Å². The topological polar surface area (TPSA) is 48.1 Å². The first-order chi connectivity index (χ1) is 9.34. The lowest BCUT2D eigenvalue weighted by molar-refractivity contribution is 0.259. The average molecular weight is 254 g/mol. The lowest BCUT2D eigenvalue weighted by Gasteiger charge is -2.27. The molecule has 2 unspecified atom stereocenters. The van der Waals surface area contributed by atoms with Gasteiger partial charge in [0.1, 0.15) is 5.75 Å². The summed E-state index contributed by atoms with van der Waals surface area (Å²) in [4.78, 5) is 4.14. The van der Waals surface area contributed by atoms with Crippen molar-refractivity contribution >= 4 is 0 Å². The number of aromatic nitrogens is 1. The second-order valence-electron chi connectivity index (χ2n) is 5.00. The maximum Gasteiger partial charge on any atom is 0.122 e. The molecule has 1 aromatic carbocycles. The van der Waals surface area contributed by atoms with E-state index in [0.29, 0.717) is 5.92 Å². The van der Waals surface area contributed by atoms with Gasteiger partial charge in [-0.2, -0.15) is 0 Å². The van der Waals surface area contributed by atoms with Crippen LogP contribution in [0.15, 0.2) is 48.8 Å². The summed E-state index contributed by atoms with van der Waals surface area (Å²) < 4.78 is 5.69. The van der Waals surface area contributed by atoms with E-state index in [4.69, 9.17) is 10.5 Å². The molecule has 2 aromatic rings. The molecular weight excluding hydrogens is 236 g/mol. The van der Waals surface area contributed by atoms with Gasteiger partial charge >= 0.3 is 0 Å². The predicted octanol–water partition coefficient (Wildman–Crippen LogP) is 3.04. The molecule has 0 fully saturated rings. The molecule has 2 N–H and O–H groups in total. The molecule has 19 heavy (non-hydrogen) atoms. The van der Waals surface area contributed by atoms with Crippen LogP contribution in [0.4, 0.5) is 0 Å². The van der Waals surface area contributed by atoms with E-state index >= 15 is 0 Å². The fraction of sp³-hybridized carbons (Fsp3) is 0.312. The first-order valence-electron chi connectivity index (χ1n) is 6.72. The molecule has 0 radical (unpaired) electrons. The number of pyridine rings is 1. The van der Waals surface area contributed by atoms with Crippen molar-refractivity contribution in [2.45, 2.75) is 24.8 Å². The first kappa shape index (κ1) is 12.2. The SMILES string of the molecule is NC(CC1CCOc2ccccc21)c1cccnc1. The van der Waals surface area contributed by atoms with E-state index < -0.39 is 0 Å². The van der Waals surface area contributed by atoms with Crippen molar-refractivity contribution in [1.82, 2.24) is 4.98 Å². The minimum absolute atomic E-state index is 0.0323. The van der Waals surface area contributed by atoms with Crippen molar-refractivity contribution in [2.24, 2.45) is 5.73 Å². The zero-order valence-corrected chi connectivity index (χ0v) is 10.8. The Morgan fingerprint density at radius 1 is 1.26 bits per heavy atom. The largest absolute Gasteiger partial charge is 0.493 e. The van der Waals surface area contributed by atoms with Crippen molar-refractivity contribution in [2.75, 3.05) is 6.61 Å². The van der Waals surface area contributed by atoms with Crippen LogP contribution in [-0.4, -0.2) is 11.6 Å². The Balaban J connectivity index is 1.78. The Bertz CT molecular complexity index is 541. The van der Waals surface area contributed by atoms with Gasteiger partial charge in [-0.05, 0) is 42.0 Å². The highest BCUT2D eigenvalue weighted by Gasteiger charge is 2.23. The van der Waals surface area contributed by atoms with E-state index in [0.717, 1.165) is 30.8 Å². The molecule has 1 aliphatic rings. The Morgan fingerprint density at radius 3 is 3.00 bits per heavy atom. The smallest absolute Gasteiger partial charge is 0.122 e. The Hall–Kier alpha value is -1.87. The molecule has 2 heterocycles. The summed E-state index contributed by atoms with van der Waals surface area (Å²) in [6, 6.07) is 12.3. The van der Waals surface area contributed by atoms with Gasteiger partial charge in [0.15, 0.2) is 0 Å². The van der Waals surface area contributed by atoms with Gasteiger partial charge in [-0.1, -0.05) is 24.3 Å². The molecule has 3 heteroatoms. The van der Waals surface area contributed by atoms with E-state index in [1.54, 1.807) is 6.20 Å². The second kappa shape index (κ2) is 5.41. The van der Waals surface area contributed by atoms with Crippen LogP contribution in [0.1, 0.15) is 35.9 Å². The zero-order chi connectivity index (χ0) is 13.1. The van der Waals surface area contributed by atoms with E-state index in [1.807, 2.05) is 30.5 Å². The van der Waals surface area contributed by atoms with Crippen molar-refractivity contribution < 1.29 is 4.74 Å². The van der Waals surface area contributed by atoms with Gasteiger partial charge in [-0.3, -0.25) is 4.98 Å². The van der Waals surface area contributed by atoms with Crippen LogP contribution in [0.5, 0.6) is 5.75 Å². The highest BCUT2D eigenvalue weighted by atomic mass is 16.5. The lowest BCUT2D eigenvalue weighted by atomic mass is 9.86. The highest BCUT2D eigenvalue weighted by Crippen LogP contribution is 2.37. The normalized spacial score (nSPS) is 19.3. The summed E-state index contributed by atoms with van der Waals surface area (Å²) in [6.45, 7) is 0.779. The number of rotatable bonds is 3. The lowest BCUT2D eigenvalue weighted by Crippen LogP contribution is -2.20. The second-order valence-corrected chi connectivity index (χ2v) is 5.00. The molecule has 0 spiro atoms. The van der Waals surface area contributed by atoms with Crippen molar-refractivity contribution in [3.63, 3.8) is 0 Å². The van der Waals surface area contributed by atoms with E-state index in [2.05, 4.69) is 17.1 Å². The Morgan fingerprint density at radius 2 is 2.16 bits per heavy atom. The Kier molecular flexibility index (Phi) is 3.47. The number of nitrogens with two attached hydrogens (primary N) is 1. The third-order valence-corrected chi connectivity index (χ3v) is 3.73. The van der Waals surface area contributed by atoms with Gasteiger partial charge in [0, 0.05) is 18.4 Å². The molecule has 2 atom stereocenters. The third-order valence-electron chi connectivity index (χ3n) is 3.73. The van der Waals surface area contributed by atoms with Gasteiger partial charge in [-0.15, -0.1) is 0 Å². The molecule has 0 aliphatic carbocycles. The molecule has 0 saturated heterocycles. The molecule has 0 bridgehead atoms. The minimum atomic E-state index is 0.0323. The van der Waals surface area contributed by atoms with Gasteiger partial charge in [-0.25, -0.2) is 0 Å². The summed E-state index contributed by atoms with van der Waals surface area (Å²) in [6.07, 6.45) is 5.60.